The van der Waals surface area contributed by atoms with Gasteiger partial charge in [0.15, 0.2) is 0 Å². The van der Waals surface area contributed by atoms with Crippen molar-refractivity contribution in [3.05, 3.63) is 59.7 Å². The Balaban J connectivity index is 1.58. The highest BCUT2D eigenvalue weighted by Gasteiger charge is 2.40. The Labute approximate surface area is 333 Å². The highest BCUT2D eigenvalue weighted by Crippen LogP contribution is 2.30. The van der Waals surface area contributed by atoms with Crippen LogP contribution < -0.4 is 0 Å². The molecule has 12 nitrogen and oxygen atoms in total. The molecule has 2 amide bonds. The summed E-state index contributed by atoms with van der Waals surface area (Å²) in [4.78, 5) is 56.7. The Bertz CT molecular complexity index is 1560. The average molecular weight is 781 g/mol. The van der Waals surface area contributed by atoms with E-state index in [1.807, 2.05) is 132 Å². The van der Waals surface area contributed by atoms with Crippen molar-refractivity contribution in [2.75, 3.05) is 39.4 Å². The topological polar surface area (TPSA) is 130 Å². The normalized spacial score (nSPS) is 19.4. The van der Waals surface area contributed by atoms with E-state index in [1.165, 1.54) is 0 Å². The van der Waals surface area contributed by atoms with E-state index in [2.05, 4.69) is 0 Å². The van der Waals surface area contributed by atoms with Crippen molar-refractivity contribution in [1.82, 2.24) is 9.80 Å². The van der Waals surface area contributed by atoms with Crippen LogP contribution >= 0.6 is 0 Å². The van der Waals surface area contributed by atoms with Gasteiger partial charge in [-0.3, -0.25) is 9.59 Å². The fourth-order valence-electron chi connectivity index (χ4n) is 6.57. The smallest absolute Gasteiger partial charge is 0.410 e. The second kappa shape index (κ2) is 18.0. The fourth-order valence-corrected chi connectivity index (χ4v) is 6.57. The zero-order valence-corrected chi connectivity index (χ0v) is 35.6. The van der Waals surface area contributed by atoms with Gasteiger partial charge in [0.05, 0.1) is 50.3 Å². The van der Waals surface area contributed by atoms with Gasteiger partial charge in [0, 0.05) is 13.1 Å². The summed E-state index contributed by atoms with van der Waals surface area (Å²) in [6.45, 7) is 23.5. The summed E-state index contributed by atoms with van der Waals surface area (Å²) in [5.74, 6) is -2.17. The van der Waals surface area contributed by atoms with Crippen molar-refractivity contribution < 1.29 is 47.6 Å². The van der Waals surface area contributed by atoms with Crippen LogP contribution in [0.4, 0.5) is 9.59 Å². The van der Waals surface area contributed by atoms with Crippen LogP contribution in [0, 0.1) is 11.8 Å². The minimum Gasteiger partial charge on any atom is -0.460 e. The maximum Gasteiger partial charge on any atom is 0.410 e. The summed E-state index contributed by atoms with van der Waals surface area (Å²) in [6.07, 6.45) is -1.45. The van der Waals surface area contributed by atoms with Crippen molar-refractivity contribution in [1.29, 1.82) is 0 Å². The Morgan fingerprint density at radius 1 is 0.571 bits per heavy atom. The molecule has 2 saturated heterocycles. The van der Waals surface area contributed by atoms with Crippen LogP contribution in [0.5, 0.6) is 0 Å². The molecule has 2 fully saturated rings. The molecule has 0 spiro atoms. The van der Waals surface area contributed by atoms with Gasteiger partial charge in [0.25, 0.3) is 0 Å². The van der Waals surface area contributed by atoms with Crippen molar-refractivity contribution in [2.45, 2.75) is 131 Å². The summed E-state index contributed by atoms with van der Waals surface area (Å²) in [5, 5.41) is 0. The van der Waals surface area contributed by atoms with Gasteiger partial charge in [-0.15, -0.1) is 0 Å². The first-order chi connectivity index (χ1) is 25.9. The molecule has 4 atom stereocenters. The number of esters is 2. The van der Waals surface area contributed by atoms with E-state index in [0.29, 0.717) is 25.9 Å². The van der Waals surface area contributed by atoms with Gasteiger partial charge in [0.2, 0.25) is 0 Å². The fraction of sp³-hybridized carbons (Fsp3) is 0.636. The molecule has 310 valence electrons. The van der Waals surface area contributed by atoms with Gasteiger partial charge < -0.3 is 38.2 Å². The van der Waals surface area contributed by atoms with Gasteiger partial charge in [-0.25, -0.2) is 9.59 Å². The van der Waals surface area contributed by atoms with Gasteiger partial charge in [-0.2, -0.15) is 0 Å². The number of ether oxygens (including phenoxy) is 6. The second-order valence-corrected chi connectivity index (χ2v) is 18.8. The lowest BCUT2D eigenvalue weighted by atomic mass is 9.89. The number of rotatable bonds is 9. The third-order valence-corrected chi connectivity index (χ3v) is 8.91. The molecule has 0 saturated carbocycles. The first-order valence-corrected chi connectivity index (χ1v) is 19.7. The molecule has 2 aromatic rings. The van der Waals surface area contributed by atoms with Crippen LogP contribution in [0.15, 0.2) is 48.5 Å². The number of hydrogen-bond acceptors (Lipinski definition) is 10. The van der Waals surface area contributed by atoms with Gasteiger partial charge in [0.1, 0.15) is 22.4 Å². The lowest BCUT2D eigenvalue weighted by Crippen LogP contribution is -2.52. The average Bonchev–Trinajstić information content (AvgIpc) is 3.07. The quantitative estimate of drug-likeness (QED) is 0.185. The molecule has 2 aliphatic heterocycles. The van der Waals surface area contributed by atoms with E-state index in [0.717, 1.165) is 22.3 Å². The molecule has 2 heterocycles. The molecule has 0 radical (unpaired) electrons. The molecule has 2 aliphatic rings. The van der Waals surface area contributed by atoms with E-state index in [-0.39, 0.29) is 26.3 Å². The number of nitrogens with zero attached hydrogens (tertiary/aromatic N) is 2. The Kier molecular flexibility index (Phi) is 14.3. The summed E-state index contributed by atoms with van der Waals surface area (Å²) in [7, 11) is 0. The first-order valence-electron chi connectivity index (χ1n) is 19.7. The molecular weight excluding hydrogens is 716 g/mol. The lowest BCUT2D eigenvalue weighted by Gasteiger charge is -2.37. The highest BCUT2D eigenvalue weighted by molar-refractivity contribution is 5.76. The Morgan fingerprint density at radius 2 is 0.911 bits per heavy atom. The van der Waals surface area contributed by atoms with E-state index in [4.69, 9.17) is 28.4 Å². The van der Waals surface area contributed by atoms with Gasteiger partial charge in [-0.1, -0.05) is 48.5 Å². The van der Waals surface area contributed by atoms with Crippen LogP contribution in [-0.2, 0) is 50.9 Å². The number of benzene rings is 2. The van der Waals surface area contributed by atoms with Crippen LogP contribution in [0.25, 0.3) is 11.1 Å². The lowest BCUT2D eigenvalue weighted by molar-refractivity contribution is -0.169. The largest absolute Gasteiger partial charge is 0.460 e. The molecule has 4 unspecified atom stereocenters. The number of morpholine rings is 2. The van der Waals surface area contributed by atoms with Crippen LogP contribution in [0.3, 0.4) is 0 Å². The van der Waals surface area contributed by atoms with Gasteiger partial charge in [-0.05, 0) is 118 Å². The summed E-state index contributed by atoms with van der Waals surface area (Å²) < 4.78 is 35.3. The molecule has 0 bridgehead atoms. The molecule has 12 heteroatoms. The number of carbonyl (C=O) groups is 4. The van der Waals surface area contributed by atoms with Gasteiger partial charge >= 0.3 is 24.1 Å². The maximum absolute atomic E-state index is 13.7. The third-order valence-electron chi connectivity index (χ3n) is 8.91. The van der Waals surface area contributed by atoms with Crippen LogP contribution in [-0.4, -0.2) is 108 Å². The van der Waals surface area contributed by atoms with Crippen molar-refractivity contribution in [2.24, 2.45) is 11.8 Å². The monoisotopic (exact) mass is 780 g/mol. The molecule has 2 aromatic carbocycles. The standard InChI is InChI=1S/C44H64N2O10/c1-41(2,3)53-37(47)33(35-27-45(19-21-51-35)39(49)55-43(7,8)9)25-29-15-13-17-31(23-29)32-18-14-16-30(24-32)26-34(38(48)54-42(4,5)6)36-28-46(20-22-52-36)40(50)56-44(10,11)12/h13-18,23-24,33-36H,19-22,25-28H2,1-12H3. The third kappa shape index (κ3) is 14.1. The van der Waals surface area contributed by atoms with E-state index < -0.39 is 70.6 Å². The first kappa shape index (κ1) is 44.6. The SMILES string of the molecule is CC(C)(C)OC(=O)C(Cc1cccc(-c2cccc(CC(C(=O)OC(C)(C)C)C3CN(C(=O)OC(C)(C)C)CCO3)c2)c1)C1CN(C(=O)OC(C)(C)C)CCO1. The number of carbonyl (C=O) groups excluding carboxylic acids is 4. The number of hydrogen-bond donors (Lipinski definition) is 0. The molecule has 0 aromatic heterocycles. The Hall–Kier alpha value is -4.16. The molecule has 0 aliphatic carbocycles. The maximum atomic E-state index is 13.7. The highest BCUT2D eigenvalue weighted by atomic mass is 16.6. The minimum atomic E-state index is -0.717. The van der Waals surface area contributed by atoms with Crippen LogP contribution in [0.2, 0.25) is 0 Å². The van der Waals surface area contributed by atoms with E-state index >= 15 is 0 Å². The summed E-state index contributed by atoms with van der Waals surface area (Å²) in [6, 6.07) is 15.9. The predicted octanol–water partition coefficient (Wildman–Crippen LogP) is 7.63. The number of amides is 2. The van der Waals surface area contributed by atoms with Crippen molar-refractivity contribution in [3.63, 3.8) is 0 Å². The molecular formula is C44H64N2O10. The van der Waals surface area contributed by atoms with Crippen molar-refractivity contribution in [3.8, 4) is 11.1 Å². The second-order valence-electron chi connectivity index (χ2n) is 18.8. The predicted molar refractivity (Wildman–Crippen MR) is 213 cm³/mol. The summed E-state index contributed by atoms with van der Waals surface area (Å²) in [5.41, 5.74) is 0.887. The van der Waals surface area contributed by atoms with Crippen molar-refractivity contribution >= 4 is 24.1 Å². The zero-order chi connectivity index (χ0) is 41.6. The summed E-state index contributed by atoms with van der Waals surface area (Å²) >= 11 is 0. The molecule has 56 heavy (non-hydrogen) atoms. The Morgan fingerprint density at radius 3 is 1.23 bits per heavy atom. The molecule has 4 rings (SSSR count). The minimum absolute atomic E-state index is 0.194. The van der Waals surface area contributed by atoms with E-state index in [1.54, 1.807) is 9.80 Å². The van der Waals surface area contributed by atoms with Crippen LogP contribution in [0.1, 0.15) is 94.2 Å². The zero-order valence-electron chi connectivity index (χ0n) is 35.6. The molecule has 0 N–H and O–H groups in total. The van der Waals surface area contributed by atoms with E-state index in [9.17, 15) is 19.2 Å².